The number of hydrogen-bond donors (Lipinski definition) is 1. The van der Waals surface area contributed by atoms with Crippen LogP contribution in [0, 0.1) is 5.92 Å². The molecular formula is C15H18N2O. The molecule has 0 aliphatic carbocycles. The second-order valence-corrected chi connectivity index (χ2v) is 5.07. The number of aromatic nitrogens is 1. The highest BCUT2D eigenvalue weighted by molar-refractivity contribution is 5.80. The van der Waals surface area contributed by atoms with Crippen LogP contribution >= 0.6 is 0 Å². The van der Waals surface area contributed by atoms with Crippen LogP contribution < -0.4 is 4.90 Å². The van der Waals surface area contributed by atoms with Crippen LogP contribution in [-0.4, -0.2) is 29.3 Å². The fraction of sp³-hybridized carbons (Fsp3) is 0.400. The van der Waals surface area contributed by atoms with Gasteiger partial charge in [0.05, 0.1) is 18.2 Å². The molecule has 1 aromatic heterocycles. The summed E-state index contributed by atoms with van der Waals surface area (Å²) in [6.45, 7) is 3.38. The van der Waals surface area contributed by atoms with E-state index in [1.807, 2.05) is 18.2 Å². The molecule has 3 rings (SSSR count). The minimum Gasteiger partial charge on any atom is -0.394 e. The average Bonchev–Trinajstić information content (AvgIpc) is 2.79. The summed E-state index contributed by atoms with van der Waals surface area (Å²) in [4.78, 5) is 6.94. The van der Waals surface area contributed by atoms with Gasteiger partial charge < -0.3 is 10.0 Å². The van der Waals surface area contributed by atoms with Gasteiger partial charge in [0, 0.05) is 11.9 Å². The van der Waals surface area contributed by atoms with Gasteiger partial charge >= 0.3 is 0 Å². The molecule has 0 saturated carbocycles. The first-order valence-electron chi connectivity index (χ1n) is 6.53. The number of rotatable bonds is 2. The highest BCUT2D eigenvalue weighted by Gasteiger charge is 2.31. The van der Waals surface area contributed by atoms with E-state index in [1.54, 1.807) is 0 Å². The van der Waals surface area contributed by atoms with Crippen LogP contribution in [0.3, 0.4) is 0 Å². The second-order valence-electron chi connectivity index (χ2n) is 5.07. The number of para-hydroxylation sites is 1. The van der Waals surface area contributed by atoms with E-state index in [0.717, 1.165) is 29.7 Å². The molecule has 18 heavy (non-hydrogen) atoms. The fourth-order valence-corrected chi connectivity index (χ4v) is 2.79. The van der Waals surface area contributed by atoms with Crippen molar-refractivity contribution in [2.24, 2.45) is 5.92 Å². The summed E-state index contributed by atoms with van der Waals surface area (Å²) in [6.07, 6.45) is 1.12. The minimum absolute atomic E-state index is 0.204. The monoisotopic (exact) mass is 242 g/mol. The molecule has 0 radical (unpaired) electrons. The predicted molar refractivity (Wildman–Crippen MR) is 73.7 cm³/mol. The molecule has 1 saturated heterocycles. The molecule has 2 atom stereocenters. The van der Waals surface area contributed by atoms with Gasteiger partial charge in [-0.15, -0.1) is 0 Å². The van der Waals surface area contributed by atoms with E-state index < -0.39 is 0 Å². The van der Waals surface area contributed by atoms with Crippen LogP contribution in [0.25, 0.3) is 10.9 Å². The first-order chi connectivity index (χ1) is 8.79. The van der Waals surface area contributed by atoms with Crippen molar-refractivity contribution in [2.75, 3.05) is 18.1 Å². The third kappa shape index (κ3) is 1.85. The van der Waals surface area contributed by atoms with Crippen molar-refractivity contribution in [1.29, 1.82) is 0 Å². The molecule has 2 aromatic rings. The van der Waals surface area contributed by atoms with Gasteiger partial charge in [-0.2, -0.15) is 0 Å². The Balaban J connectivity index is 1.99. The van der Waals surface area contributed by atoms with Gasteiger partial charge in [0.15, 0.2) is 0 Å². The normalized spacial score (nSPS) is 23.8. The van der Waals surface area contributed by atoms with E-state index in [2.05, 4.69) is 30.0 Å². The molecule has 0 bridgehead atoms. The molecular weight excluding hydrogens is 224 g/mol. The van der Waals surface area contributed by atoms with Crippen LogP contribution in [0.4, 0.5) is 5.82 Å². The third-order valence-electron chi connectivity index (χ3n) is 3.95. The van der Waals surface area contributed by atoms with Crippen molar-refractivity contribution >= 4 is 16.7 Å². The number of fused-ring (bicyclic) bond motifs is 1. The Kier molecular flexibility index (Phi) is 2.92. The first kappa shape index (κ1) is 11.5. The molecule has 1 N–H and O–H groups in total. The lowest BCUT2D eigenvalue weighted by Gasteiger charge is -2.26. The third-order valence-corrected chi connectivity index (χ3v) is 3.95. The average molecular weight is 242 g/mol. The van der Waals surface area contributed by atoms with Gasteiger partial charge in [-0.25, -0.2) is 4.98 Å². The Morgan fingerprint density at radius 1 is 1.28 bits per heavy atom. The number of benzene rings is 1. The van der Waals surface area contributed by atoms with Crippen LogP contribution in [0.1, 0.15) is 13.3 Å². The maximum absolute atomic E-state index is 9.51. The van der Waals surface area contributed by atoms with E-state index in [9.17, 15) is 5.11 Å². The number of aliphatic hydroxyl groups excluding tert-OH is 1. The van der Waals surface area contributed by atoms with Crippen LogP contribution in [0.15, 0.2) is 36.4 Å². The summed E-state index contributed by atoms with van der Waals surface area (Å²) in [5, 5.41) is 10.7. The molecule has 1 aliphatic rings. The summed E-state index contributed by atoms with van der Waals surface area (Å²) in [6, 6.07) is 12.5. The maximum atomic E-state index is 9.51. The zero-order chi connectivity index (χ0) is 12.5. The zero-order valence-electron chi connectivity index (χ0n) is 10.6. The summed E-state index contributed by atoms with van der Waals surface area (Å²) < 4.78 is 0. The molecule has 1 fully saturated rings. The molecule has 2 heterocycles. The summed E-state index contributed by atoms with van der Waals surface area (Å²) in [7, 11) is 0. The Bertz CT molecular complexity index is 555. The lowest BCUT2D eigenvalue weighted by molar-refractivity contribution is 0.244. The summed E-state index contributed by atoms with van der Waals surface area (Å²) >= 11 is 0. The molecule has 3 nitrogen and oxygen atoms in total. The lowest BCUT2D eigenvalue weighted by Crippen LogP contribution is -2.35. The Morgan fingerprint density at radius 2 is 2.11 bits per heavy atom. The van der Waals surface area contributed by atoms with Gasteiger partial charge in [-0.1, -0.05) is 25.1 Å². The highest BCUT2D eigenvalue weighted by Crippen LogP contribution is 2.29. The maximum Gasteiger partial charge on any atom is 0.129 e. The van der Waals surface area contributed by atoms with Crippen LogP contribution in [0.2, 0.25) is 0 Å². The number of pyridine rings is 1. The smallest absolute Gasteiger partial charge is 0.129 e. The number of anilines is 1. The van der Waals surface area contributed by atoms with Crippen LogP contribution in [0.5, 0.6) is 0 Å². The number of aliphatic hydroxyl groups is 1. The van der Waals surface area contributed by atoms with E-state index >= 15 is 0 Å². The van der Waals surface area contributed by atoms with E-state index in [0.29, 0.717) is 5.92 Å². The Hall–Kier alpha value is -1.61. The van der Waals surface area contributed by atoms with Gasteiger partial charge in [-0.3, -0.25) is 0 Å². The van der Waals surface area contributed by atoms with E-state index in [4.69, 9.17) is 4.98 Å². The predicted octanol–water partition coefficient (Wildman–Crippen LogP) is 2.44. The van der Waals surface area contributed by atoms with Crippen molar-refractivity contribution in [3.8, 4) is 0 Å². The molecule has 2 unspecified atom stereocenters. The quantitative estimate of drug-likeness (QED) is 0.878. The summed E-state index contributed by atoms with van der Waals surface area (Å²) in [5.74, 6) is 1.51. The van der Waals surface area contributed by atoms with Crippen molar-refractivity contribution in [2.45, 2.75) is 19.4 Å². The van der Waals surface area contributed by atoms with Crippen molar-refractivity contribution in [1.82, 2.24) is 4.98 Å². The standard InChI is InChI=1S/C15H18N2O/c1-11-8-9-17(14(11)10-18)15-7-6-12-4-2-3-5-13(12)16-15/h2-7,11,14,18H,8-10H2,1H3. The molecule has 0 amide bonds. The Labute approximate surface area is 107 Å². The van der Waals surface area contributed by atoms with Crippen molar-refractivity contribution < 1.29 is 5.11 Å². The molecule has 0 spiro atoms. The second kappa shape index (κ2) is 4.58. The fourth-order valence-electron chi connectivity index (χ4n) is 2.79. The Morgan fingerprint density at radius 3 is 2.94 bits per heavy atom. The lowest BCUT2D eigenvalue weighted by atomic mass is 10.0. The number of nitrogens with zero attached hydrogens (tertiary/aromatic N) is 2. The van der Waals surface area contributed by atoms with Crippen molar-refractivity contribution in [3.63, 3.8) is 0 Å². The first-order valence-corrected chi connectivity index (χ1v) is 6.53. The van der Waals surface area contributed by atoms with Gasteiger partial charge in [0.25, 0.3) is 0 Å². The largest absolute Gasteiger partial charge is 0.394 e. The van der Waals surface area contributed by atoms with Crippen molar-refractivity contribution in [3.05, 3.63) is 36.4 Å². The molecule has 1 aromatic carbocycles. The minimum atomic E-state index is 0.204. The molecule has 3 heteroatoms. The molecule has 94 valence electrons. The highest BCUT2D eigenvalue weighted by atomic mass is 16.3. The summed E-state index contributed by atoms with van der Waals surface area (Å²) in [5.41, 5.74) is 1.02. The number of hydrogen-bond acceptors (Lipinski definition) is 3. The SMILES string of the molecule is CC1CCN(c2ccc3ccccc3n2)C1CO. The zero-order valence-corrected chi connectivity index (χ0v) is 10.6. The van der Waals surface area contributed by atoms with E-state index in [-0.39, 0.29) is 12.6 Å². The van der Waals surface area contributed by atoms with Gasteiger partial charge in [0.1, 0.15) is 5.82 Å². The van der Waals surface area contributed by atoms with Crippen LogP contribution in [-0.2, 0) is 0 Å². The van der Waals surface area contributed by atoms with E-state index in [1.165, 1.54) is 0 Å². The topological polar surface area (TPSA) is 36.4 Å². The van der Waals surface area contributed by atoms with Gasteiger partial charge in [0.2, 0.25) is 0 Å². The van der Waals surface area contributed by atoms with Gasteiger partial charge in [-0.05, 0) is 30.5 Å². The molecule has 1 aliphatic heterocycles.